The van der Waals surface area contributed by atoms with Crippen molar-refractivity contribution < 1.29 is 4.79 Å². The third-order valence-electron chi connectivity index (χ3n) is 2.56. The third-order valence-corrected chi connectivity index (χ3v) is 3.62. The number of fused-ring (bicyclic) bond motifs is 1. The highest BCUT2D eigenvalue weighted by Gasteiger charge is 2.17. The summed E-state index contributed by atoms with van der Waals surface area (Å²) in [4.78, 5) is 16.2. The van der Waals surface area contributed by atoms with E-state index in [-0.39, 0.29) is 11.7 Å². The van der Waals surface area contributed by atoms with Gasteiger partial charge < -0.3 is 0 Å². The molecule has 0 N–H and O–H groups in total. The van der Waals surface area contributed by atoms with Gasteiger partial charge in [0.15, 0.2) is 10.8 Å². The lowest BCUT2D eigenvalue weighted by Gasteiger charge is -2.02. The molecule has 3 heteroatoms. The first-order valence-corrected chi connectivity index (χ1v) is 5.93. The van der Waals surface area contributed by atoms with E-state index in [1.54, 1.807) is 0 Å². The van der Waals surface area contributed by atoms with Gasteiger partial charge in [-0.2, -0.15) is 0 Å². The van der Waals surface area contributed by atoms with Crippen LogP contribution in [0, 0.1) is 5.92 Å². The van der Waals surface area contributed by atoms with Gasteiger partial charge in [0, 0.05) is 5.92 Å². The second kappa shape index (κ2) is 4.11. The Morgan fingerprint density at radius 3 is 2.87 bits per heavy atom. The van der Waals surface area contributed by atoms with Crippen molar-refractivity contribution >= 4 is 27.3 Å². The van der Waals surface area contributed by atoms with Crippen LogP contribution in [-0.4, -0.2) is 10.8 Å². The zero-order valence-electron chi connectivity index (χ0n) is 8.86. The Morgan fingerprint density at radius 2 is 2.20 bits per heavy atom. The van der Waals surface area contributed by atoms with Gasteiger partial charge in [-0.05, 0) is 18.6 Å². The number of rotatable bonds is 3. The minimum Gasteiger partial charge on any atom is -0.291 e. The number of benzene rings is 1. The number of ketones is 1. The van der Waals surface area contributed by atoms with Gasteiger partial charge in [-0.15, -0.1) is 11.3 Å². The molecular formula is C12H13NOS. The standard InChI is InChI=1S/C12H13NOS/c1-3-8(2)11(14)12-13-9-6-4-5-7-10(9)15-12/h4-8H,3H2,1-2H3. The van der Waals surface area contributed by atoms with Gasteiger partial charge in [0.2, 0.25) is 0 Å². The summed E-state index contributed by atoms with van der Waals surface area (Å²) in [6.45, 7) is 3.98. The van der Waals surface area contributed by atoms with Crippen LogP contribution in [0.1, 0.15) is 30.1 Å². The maximum absolute atomic E-state index is 11.9. The SMILES string of the molecule is CCC(C)C(=O)c1nc2ccccc2s1. The highest BCUT2D eigenvalue weighted by Crippen LogP contribution is 2.24. The zero-order valence-corrected chi connectivity index (χ0v) is 9.67. The first-order valence-electron chi connectivity index (χ1n) is 5.12. The average Bonchev–Trinajstić information content (AvgIpc) is 2.70. The Morgan fingerprint density at radius 1 is 1.47 bits per heavy atom. The zero-order chi connectivity index (χ0) is 10.8. The molecule has 1 atom stereocenters. The van der Waals surface area contributed by atoms with E-state index in [1.165, 1.54) is 11.3 Å². The highest BCUT2D eigenvalue weighted by atomic mass is 32.1. The summed E-state index contributed by atoms with van der Waals surface area (Å²) < 4.78 is 1.09. The van der Waals surface area contributed by atoms with Crippen LogP contribution >= 0.6 is 11.3 Å². The number of hydrogen-bond acceptors (Lipinski definition) is 3. The molecule has 0 aliphatic carbocycles. The van der Waals surface area contributed by atoms with Gasteiger partial charge >= 0.3 is 0 Å². The van der Waals surface area contributed by atoms with Crippen molar-refractivity contribution in [2.75, 3.05) is 0 Å². The average molecular weight is 219 g/mol. The van der Waals surface area contributed by atoms with Crippen LogP contribution in [0.2, 0.25) is 0 Å². The fourth-order valence-corrected chi connectivity index (χ4v) is 2.39. The molecule has 2 nitrogen and oxygen atoms in total. The number of thiazole rings is 1. The van der Waals surface area contributed by atoms with Gasteiger partial charge in [0.25, 0.3) is 0 Å². The topological polar surface area (TPSA) is 30.0 Å². The van der Waals surface area contributed by atoms with Crippen molar-refractivity contribution in [1.82, 2.24) is 4.98 Å². The summed E-state index contributed by atoms with van der Waals surface area (Å²) in [7, 11) is 0. The summed E-state index contributed by atoms with van der Waals surface area (Å²) in [6, 6.07) is 7.86. The molecule has 1 aromatic carbocycles. The number of para-hydroxylation sites is 1. The predicted molar refractivity (Wildman–Crippen MR) is 63.4 cm³/mol. The van der Waals surface area contributed by atoms with Gasteiger partial charge in [0.05, 0.1) is 10.2 Å². The molecule has 0 saturated carbocycles. The Bertz CT molecular complexity index is 456. The molecule has 2 aromatic rings. The minimum atomic E-state index is 0.0746. The number of carbonyl (C=O) groups is 1. The maximum Gasteiger partial charge on any atom is 0.194 e. The molecule has 0 spiro atoms. The normalized spacial score (nSPS) is 12.9. The Kier molecular flexibility index (Phi) is 2.82. The molecule has 0 saturated heterocycles. The molecule has 1 aromatic heterocycles. The number of hydrogen-bond donors (Lipinski definition) is 0. The second-order valence-electron chi connectivity index (χ2n) is 3.66. The van der Waals surface area contributed by atoms with E-state index < -0.39 is 0 Å². The van der Waals surface area contributed by atoms with Crippen LogP contribution in [0.4, 0.5) is 0 Å². The van der Waals surface area contributed by atoms with E-state index in [1.807, 2.05) is 38.1 Å². The lowest BCUT2D eigenvalue weighted by atomic mass is 10.0. The van der Waals surface area contributed by atoms with Crippen molar-refractivity contribution in [1.29, 1.82) is 0 Å². The van der Waals surface area contributed by atoms with E-state index >= 15 is 0 Å². The Balaban J connectivity index is 2.41. The molecule has 2 rings (SSSR count). The first kappa shape index (κ1) is 10.3. The van der Waals surface area contributed by atoms with Crippen LogP contribution < -0.4 is 0 Å². The molecule has 15 heavy (non-hydrogen) atoms. The lowest BCUT2D eigenvalue weighted by molar-refractivity contribution is 0.0927. The first-order chi connectivity index (χ1) is 7.22. The molecule has 0 radical (unpaired) electrons. The monoisotopic (exact) mass is 219 g/mol. The van der Waals surface area contributed by atoms with Crippen LogP contribution in [0.3, 0.4) is 0 Å². The van der Waals surface area contributed by atoms with Crippen molar-refractivity contribution in [2.45, 2.75) is 20.3 Å². The van der Waals surface area contributed by atoms with E-state index in [4.69, 9.17) is 0 Å². The molecule has 1 unspecified atom stereocenters. The van der Waals surface area contributed by atoms with Crippen LogP contribution in [0.25, 0.3) is 10.2 Å². The van der Waals surface area contributed by atoms with Gasteiger partial charge in [0.1, 0.15) is 0 Å². The molecule has 1 heterocycles. The molecule has 0 fully saturated rings. The number of Topliss-reactive ketones (excluding diaryl/α,β-unsaturated/α-hetero) is 1. The molecule has 78 valence electrons. The van der Waals surface area contributed by atoms with Crippen LogP contribution in [0.5, 0.6) is 0 Å². The van der Waals surface area contributed by atoms with E-state index in [0.29, 0.717) is 5.01 Å². The molecule has 0 aliphatic heterocycles. The summed E-state index contributed by atoms with van der Waals surface area (Å²) in [5, 5.41) is 0.644. The predicted octanol–water partition coefficient (Wildman–Crippen LogP) is 3.53. The third kappa shape index (κ3) is 1.92. The lowest BCUT2D eigenvalue weighted by Crippen LogP contribution is -2.09. The van der Waals surface area contributed by atoms with Crippen molar-refractivity contribution in [3.05, 3.63) is 29.3 Å². The highest BCUT2D eigenvalue weighted by molar-refractivity contribution is 7.20. The molecule has 0 amide bonds. The quantitative estimate of drug-likeness (QED) is 0.739. The maximum atomic E-state index is 11.9. The molecular weight excluding hydrogens is 206 g/mol. The van der Waals surface area contributed by atoms with Crippen molar-refractivity contribution in [2.24, 2.45) is 5.92 Å². The van der Waals surface area contributed by atoms with Gasteiger partial charge in [-0.3, -0.25) is 4.79 Å². The number of carbonyl (C=O) groups excluding carboxylic acids is 1. The fraction of sp³-hybridized carbons (Fsp3) is 0.333. The largest absolute Gasteiger partial charge is 0.291 e. The summed E-state index contributed by atoms with van der Waals surface area (Å²) in [5.74, 6) is 0.240. The van der Waals surface area contributed by atoms with Crippen molar-refractivity contribution in [3.8, 4) is 0 Å². The van der Waals surface area contributed by atoms with Gasteiger partial charge in [-0.1, -0.05) is 26.0 Å². The second-order valence-corrected chi connectivity index (χ2v) is 4.69. The molecule has 0 bridgehead atoms. The van der Waals surface area contributed by atoms with Crippen LogP contribution in [-0.2, 0) is 0 Å². The van der Waals surface area contributed by atoms with E-state index in [9.17, 15) is 4.79 Å². The Hall–Kier alpha value is -1.22. The summed E-state index contributed by atoms with van der Waals surface area (Å²) in [5.41, 5.74) is 0.925. The number of nitrogens with zero attached hydrogens (tertiary/aromatic N) is 1. The minimum absolute atomic E-state index is 0.0746. The Labute approximate surface area is 93.0 Å². The van der Waals surface area contributed by atoms with Crippen molar-refractivity contribution in [3.63, 3.8) is 0 Å². The van der Waals surface area contributed by atoms with Gasteiger partial charge in [-0.25, -0.2) is 4.98 Å². The fourth-order valence-electron chi connectivity index (χ4n) is 1.37. The summed E-state index contributed by atoms with van der Waals surface area (Å²) in [6.07, 6.45) is 0.870. The van der Waals surface area contributed by atoms with E-state index in [2.05, 4.69) is 4.98 Å². The molecule has 0 aliphatic rings. The smallest absolute Gasteiger partial charge is 0.194 e. The number of aromatic nitrogens is 1. The van der Waals surface area contributed by atoms with E-state index in [0.717, 1.165) is 16.6 Å². The van der Waals surface area contributed by atoms with Crippen LogP contribution in [0.15, 0.2) is 24.3 Å². The summed E-state index contributed by atoms with van der Waals surface area (Å²) >= 11 is 1.49.